The second-order valence-corrected chi connectivity index (χ2v) is 5.26. The summed E-state index contributed by atoms with van der Waals surface area (Å²) in [6.07, 6.45) is 4.62. The van der Waals surface area contributed by atoms with Gasteiger partial charge < -0.3 is 5.32 Å². The Labute approximate surface area is 93.8 Å². The van der Waals surface area contributed by atoms with E-state index in [-0.39, 0.29) is 0 Å². The highest BCUT2D eigenvalue weighted by molar-refractivity contribution is 5.83. The molecule has 0 aromatic carbocycles. The van der Waals surface area contributed by atoms with E-state index in [1.165, 1.54) is 6.42 Å². The van der Waals surface area contributed by atoms with Gasteiger partial charge in [0.15, 0.2) is 0 Å². The third-order valence-electron chi connectivity index (χ3n) is 3.36. The summed E-state index contributed by atoms with van der Waals surface area (Å²) in [5.74, 6) is 2.22. The minimum atomic E-state index is 0.327. The van der Waals surface area contributed by atoms with E-state index in [4.69, 9.17) is 0 Å². The molecule has 88 valence electrons. The summed E-state index contributed by atoms with van der Waals surface area (Å²) in [6, 6.07) is 0. The van der Waals surface area contributed by atoms with Gasteiger partial charge in [-0.25, -0.2) is 0 Å². The molecule has 0 radical (unpaired) electrons. The Bertz CT molecular complexity index is 193. The fraction of sp³-hybridized carbons (Fsp3) is 0.923. The molecule has 1 fully saturated rings. The lowest BCUT2D eigenvalue weighted by Gasteiger charge is -2.30. The van der Waals surface area contributed by atoms with Crippen LogP contribution in [0.2, 0.25) is 0 Å². The Morgan fingerprint density at radius 2 is 1.80 bits per heavy atom. The number of carbonyl (C=O) groups excluding carboxylic acids is 1. The van der Waals surface area contributed by atoms with Gasteiger partial charge in [-0.15, -0.1) is 0 Å². The van der Waals surface area contributed by atoms with E-state index in [9.17, 15) is 4.79 Å². The maximum absolute atomic E-state index is 11.9. The Morgan fingerprint density at radius 3 is 2.33 bits per heavy atom. The van der Waals surface area contributed by atoms with Crippen LogP contribution in [0.4, 0.5) is 0 Å². The SMILES string of the molecule is CCCNCC(=O)C1CC(C)CC(C)C1. The Kier molecular flexibility index (Phi) is 5.30. The van der Waals surface area contributed by atoms with E-state index in [1.807, 2.05) is 0 Å². The van der Waals surface area contributed by atoms with Crippen molar-refractivity contribution in [1.82, 2.24) is 5.32 Å². The van der Waals surface area contributed by atoms with Crippen LogP contribution in [-0.4, -0.2) is 18.9 Å². The fourth-order valence-electron chi connectivity index (χ4n) is 2.74. The quantitative estimate of drug-likeness (QED) is 0.708. The minimum absolute atomic E-state index is 0.327. The molecule has 1 aliphatic carbocycles. The zero-order valence-corrected chi connectivity index (χ0v) is 10.4. The number of hydrogen-bond acceptors (Lipinski definition) is 2. The standard InChI is InChI=1S/C13H25NO/c1-4-5-14-9-13(15)12-7-10(2)6-11(3)8-12/h10-12,14H,4-9H2,1-3H3. The monoisotopic (exact) mass is 211 g/mol. The number of rotatable bonds is 5. The van der Waals surface area contributed by atoms with Crippen molar-refractivity contribution in [2.45, 2.75) is 46.5 Å². The molecule has 0 amide bonds. The molecular formula is C13H25NO. The molecule has 0 bridgehead atoms. The van der Waals surface area contributed by atoms with Crippen LogP contribution in [0.5, 0.6) is 0 Å². The van der Waals surface area contributed by atoms with Crippen molar-refractivity contribution in [3.05, 3.63) is 0 Å². The molecule has 0 saturated heterocycles. The van der Waals surface area contributed by atoms with Gasteiger partial charge in [-0.05, 0) is 44.1 Å². The molecule has 2 unspecified atom stereocenters. The lowest BCUT2D eigenvalue weighted by Crippen LogP contribution is -2.33. The molecule has 0 aromatic heterocycles. The Morgan fingerprint density at radius 1 is 1.20 bits per heavy atom. The van der Waals surface area contributed by atoms with Crippen LogP contribution in [0.15, 0.2) is 0 Å². The van der Waals surface area contributed by atoms with Gasteiger partial charge in [0.2, 0.25) is 0 Å². The highest BCUT2D eigenvalue weighted by atomic mass is 16.1. The van der Waals surface area contributed by atoms with E-state index < -0.39 is 0 Å². The van der Waals surface area contributed by atoms with Crippen LogP contribution in [-0.2, 0) is 4.79 Å². The molecule has 2 atom stereocenters. The summed E-state index contributed by atoms with van der Waals surface area (Å²) in [6.45, 7) is 8.22. The van der Waals surface area contributed by atoms with Gasteiger partial charge in [-0.1, -0.05) is 20.8 Å². The van der Waals surface area contributed by atoms with Crippen molar-refractivity contribution >= 4 is 5.78 Å². The topological polar surface area (TPSA) is 29.1 Å². The first kappa shape index (κ1) is 12.7. The van der Waals surface area contributed by atoms with Gasteiger partial charge in [0.05, 0.1) is 6.54 Å². The lowest BCUT2D eigenvalue weighted by atomic mass is 9.75. The first-order valence-electron chi connectivity index (χ1n) is 6.36. The van der Waals surface area contributed by atoms with Crippen LogP contribution in [0, 0.1) is 17.8 Å². The van der Waals surface area contributed by atoms with Crippen molar-refractivity contribution in [2.75, 3.05) is 13.1 Å². The van der Waals surface area contributed by atoms with E-state index >= 15 is 0 Å². The van der Waals surface area contributed by atoms with Gasteiger partial charge in [0.25, 0.3) is 0 Å². The van der Waals surface area contributed by atoms with Crippen LogP contribution < -0.4 is 5.32 Å². The van der Waals surface area contributed by atoms with Gasteiger partial charge >= 0.3 is 0 Å². The van der Waals surface area contributed by atoms with Gasteiger partial charge in [-0.3, -0.25) is 4.79 Å². The largest absolute Gasteiger partial charge is 0.310 e. The zero-order valence-electron chi connectivity index (χ0n) is 10.4. The molecule has 0 spiro atoms. The molecule has 0 aromatic rings. The van der Waals surface area contributed by atoms with Crippen molar-refractivity contribution in [2.24, 2.45) is 17.8 Å². The number of ketones is 1. The molecule has 1 N–H and O–H groups in total. The summed E-state index contributed by atoms with van der Waals surface area (Å²) in [5.41, 5.74) is 0. The average Bonchev–Trinajstić information content (AvgIpc) is 2.16. The average molecular weight is 211 g/mol. The van der Waals surface area contributed by atoms with Crippen molar-refractivity contribution in [3.63, 3.8) is 0 Å². The van der Waals surface area contributed by atoms with Gasteiger partial charge in [-0.2, -0.15) is 0 Å². The highest BCUT2D eigenvalue weighted by Crippen LogP contribution is 2.33. The van der Waals surface area contributed by atoms with Crippen molar-refractivity contribution < 1.29 is 4.79 Å². The fourth-order valence-corrected chi connectivity index (χ4v) is 2.74. The summed E-state index contributed by atoms with van der Waals surface area (Å²) < 4.78 is 0. The molecule has 0 aliphatic heterocycles. The molecule has 1 saturated carbocycles. The minimum Gasteiger partial charge on any atom is -0.310 e. The first-order chi connectivity index (χ1) is 7.13. The Balaban J connectivity index is 2.31. The van der Waals surface area contributed by atoms with Gasteiger partial charge in [0, 0.05) is 5.92 Å². The molecule has 0 heterocycles. The lowest BCUT2D eigenvalue weighted by molar-refractivity contribution is -0.123. The van der Waals surface area contributed by atoms with Crippen molar-refractivity contribution in [1.29, 1.82) is 0 Å². The van der Waals surface area contributed by atoms with Crippen molar-refractivity contribution in [3.8, 4) is 0 Å². The third-order valence-corrected chi connectivity index (χ3v) is 3.36. The summed E-state index contributed by atoms with van der Waals surface area (Å²) in [4.78, 5) is 11.9. The molecular weight excluding hydrogens is 186 g/mol. The molecule has 2 nitrogen and oxygen atoms in total. The number of nitrogens with one attached hydrogen (secondary N) is 1. The number of Topliss-reactive ketones (excluding diaryl/α,β-unsaturated/α-hetero) is 1. The van der Waals surface area contributed by atoms with E-state index in [0.29, 0.717) is 18.2 Å². The third kappa shape index (κ3) is 4.33. The van der Waals surface area contributed by atoms with E-state index in [2.05, 4.69) is 26.1 Å². The predicted octanol–water partition coefficient (Wildman–Crippen LogP) is 2.63. The molecule has 1 aliphatic rings. The van der Waals surface area contributed by atoms with Crippen LogP contribution in [0.25, 0.3) is 0 Å². The maximum Gasteiger partial charge on any atom is 0.149 e. The normalized spacial score (nSPS) is 31.5. The first-order valence-corrected chi connectivity index (χ1v) is 6.36. The second-order valence-electron chi connectivity index (χ2n) is 5.26. The van der Waals surface area contributed by atoms with Crippen LogP contribution >= 0.6 is 0 Å². The highest BCUT2D eigenvalue weighted by Gasteiger charge is 2.28. The van der Waals surface area contributed by atoms with Crippen LogP contribution in [0.3, 0.4) is 0 Å². The molecule has 2 heteroatoms. The van der Waals surface area contributed by atoms with Crippen LogP contribution in [0.1, 0.15) is 46.5 Å². The second kappa shape index (κ2) is 6.26. The van der Waals surface area contributed by atoms with E-state index in [1.54, 1.807) is 0 Å². The summed E-state index contributed by atoms with van der Waals surface area (Å²) in [5, 5.41) is 3.21. The Hall–Kier alpha value is -0.370. The summed E-state index contributed by atoms with van der Waals surface area (Å²) in [7, 11) is 0. The molecule has 1 rings (SSSR count). The maximum atomic E-state index is 11.9. The number of hydrogen-bond donors (Lipinski definition) is 1. The predicted molar refractivity (Wildman–Crippen MR) is 63.8 cm³/mol. The molecule has 15 heavy (non-hydrogen) atoms. The van der Waals surface area contributed by atoms with E-state index in [0.717, 1.165) is 37.6 Å². The summed E-state index contributed by atoms with van der Waals surface area (Å²) >= 11 is 0. The van der Waals surface area contributed by atoms with Gasteiger partial charge in [0.1, 0.15) is 5.78 Å². The smallest absolute Gasteiger partial charge is 0.149 e. The number of carbonyl (C=O) groups is 1. The zero-order chi connectivity index (χ0) is 11.3.